The standard InChI is InChI=1S/C24H30O10S2/c1-3-5-10-17(4-2)15-18(24(28)34-36(31,32)22-14-9-7-12-20(22)26)16-23(27)33-35(29,30)21-13-8-6-11-19(21)25/h6-9,11-14,17-18,25-26H,3-5,10,15-16H2,1-2H3. The van der Waals surface area contributed by atoms with Gasteiger partial charge in [0, 0.05) is 0 Å². The van der Waals surface area contributed by atoms with Crippen LogP contribution in [0, 0.1) is 11.8 Å². The zero-order valence-electron chi connectivity index (χ0n) is 20.0. The molecule has 0 fully saturated rings. The van der Waals surface area contributed by atoms with E-state index in [4.69, 9.17) is 4.18 Å². The van der Waals surface area contributed by atoms with Crippen molar-refractivity contribution in [1.29, 1.82) is 0 Å². The summed E-state index contributed by atoms with van der Waals surface area (Å²) < 4.78 is 59.4. The van der Waals surface area contributed by atoms with E-state index in [1.54, 1.807) is 0 Å². The third-order valence-corrected chi connectivity index (χ3v) is 8.13. The van der Waals surface area contributed by atoms with Gasteiger partial charge in [-0.1, -0.05) is 63.8 Å². The number of unbranched alkanes of at least 4 members (excludes halogenated alkanes) is 1. The van der Waals surface area contributed by atoms with Gasteiger partial charge in [-0.05, 0) is 36.6 Å². The van der Waals surface area contributed by atoms with Crippen molar-refractivity contribution in [3.8, 4) is 11.5 Å². The lowest BCUT2D eigenvalue weighted by molar-refractivity contribution is -0.145. The fraction of sp³-hybridized carbons (Fsp3) is 0.417. The van der Waals surface area contributed by atoms with E-state index in [-0.39, 0.29) is 12.3 Å². The minimum absolute atomic E-state index is 0.0529. The van der Waals surface area contributed by atoms with Crippen molar-refractivity contribution in [3.05, 3.63) is 48.5 Å². The molecule has 12 heteroatoms. The summed E-state index contributed by atoms with van der Waals surface area (Å²) in [5.74, 6) is -5.24. The van der Waals surface area contributed by atoms with Crippen LogP contribution in [0.5, 0.6) is 11.5 Å². The average molecular weight is 543 g/mol. The maximum absolute atomic E-state index is 12.9. The highest BCUT2D eigenvalue weighted by Gasteiger charge is 2.34. The first-order valence-corrected chi connectivity index (χ1v) is 14.2. The molecular weight excluding hydrogens is 512 g/mol. The Labute approximate surface area is 211 Å². The number of rotatable bonds is 13. The fourth-order valence-electron chi connectivity index (χ4n) is 3.61. The third-order valence-electron chi connectivity index (χ3n) is 5.57. The van der Waals surface area contributed by atoms with E-state index in [1.165, 1.54) is 24.3 Å². The largest absolute Gasteiger partial charge is 0.506 e. The third kappa shape index (κ3) is 7.95. The van der Waals surface area contributed by atoms with Crippen molar-refractivity contribution in [3.63, 3.8) is 0 Å². The molecule has 0 bridgehead atoms. The molecule has 10 nitrogen and oxygen atoms in total. The predicted octanol–water partition coefficient (Wildman–Crippen LogP) is 3.87. The summed E-state index contributed by atoms with van der Waals surface area (Å²) in [7, 11) is -9.41. The first kappa shape index (κ1) is 29.1. The molecule has 198 valence electrons. The highest BCUT2D eigenvalue weighted by molar-refractivity contribution is 7.87. The molecule has 0 aromatic heterocycles. The summed E-state index contributed by atoms with van der Waals surface area (Å²) in [5.41, 5.74) is 0. The minimum atomic E-state index is -4.72. The molecule has 2 atom stereocenters. The van der Waals surface area contributed by atoms with Gasteiger partial charge in [-0.2, -0.15) is 16.8 Å². The molecule has 0 heterocycles. The van der Waals surface area contributed by atoms with Crippen LogP contribution in [-0.2, 0) is 38.2 Å². The van der Waals surface area contributed by atoms with Gasteiger partial charge in [-0.25, -0.2) is 0 Å². The number of phenols is 2. The van der Waals surface area contributed by atoms with Gasteiger partial charge in [0.25, 0.3) is 0 Å². The van der Waals surface area contributed by atoms with Gasteiger partial charge in [-0.15, -0.1) is 0 Å². The summed E-state index contributed by atoms with van der Waals surface area (Å²) in [6, 6.07) is 9.73. The molecule has 0 aliphatic carbocycles. The molecule has 0 spiro atoms. The Morgan fingerprint density at radius 2 is 1.33 bits per heavy atom. The number of phenolic OH excluding ortho intramolecular Hbond substituents is 2. The van der Waals surface area contributed by atoms with Gasteiger partial charge >= 0.3 is 32.2 Å². The Balaban J connectivity index is 2.27. The van der Waals surface area contributed by atoms with Crippen molar-refractivity contribution in [1.82, 2.24) is 0 Å². The average Bonchev–Trinajstić information content (AvgIpc) is 2.80. The zero-order valence-corrected chi connectivity index (χ0v) is 21.6. The van der Waals surface area contributed by atoms with Gasteiger partial charge in [0.2, 0.25) is 0 Å². The fourth-order valence-corrected chi connectivity index (χ4v) is 5.59. The van der Waals surface area contributed by atoms with Crippen molar-refractivity contribution < 1.29 is 45.0 Å². The molecule has 2 aromatic carbocycles. The lowest BCUT2D eigenvalue weighted by Crippen LogP contribution is -2.27. The van der Waals surface area contributed by atoms with Crippen LogP contribution in [0.3, 0.4) is 0 Å². The van der Waals surface area contributed by atoms with Gasteiger partial charge in [0.15, 0.2) is 0 Å². The second kappa shape index (κ2) is 12.7. The van der Waals surface area contributed by atoms with E-state index in [0.29, 0.717) is 12.8 Å². The van der Waals surface area contributed by atoms with E-state index in [2.05, 4.69) is 4.18 Å². The van der Waals surface area contributed by atoms with Gasteiger partial charge in [0.1, 0.15) is 21.3 Å². The quantitative estimate of drug-likeness (QED) is 0.355. The maximum atomic E-state index is 12.9. The van der Waals surface area contributed by atoms with Crippen LogP contribution in [0.2, 0.25) is 0 Å². The summed E-state index contributed by atoms with van der Waals surface area (Å²) in [5, 5.41) is 19.6. The SMILES string of the molecule is CCCCC(CC)CC(CC(=O)OS(=O)(=O)c1ccccc1O)C(=O)OS(=O)(=O)c1ccccc1O. The Hall–Kier alpha value is -3.12. The molecule has 0 amide bonds. The molecular formula is C24H30O10S2. The first-order chi connectivity index (χ1) is 16.9. The number of aromatic hydroxyl groups is 2. The number of carbonyl (C=O) groups excluding carboxylic acids is 2. The van der Waals surface area contributed by atoms with E-state index < -0.39 is 65.8 Å². The van der Waals surface area contributed by atoms with E-state index in [0.717, 1.165) is 37.1 Å². The number of carbonyl (C=O) groups is 2. The molecule has 0 radical (unpaired) electrons. The van der Waals surface area contributed by atoms with Crippen LogP contribution >= 0.6 is 0 Å². The molecule has 0 saturated heterocycles. The van der Waals surface area contributed by atoms with Crippen LogP contribution in [-0.4, -0.2) is 39.0 Å². The number of hydrogen-bond acceptors (Lipinski definition) is 10. The van der Waals surface area contributed by atoms with Gasteiger partial charge in [-0.3, -0.25) is 9.59 Å². The minimum Gasteiger partial charge on any atom is -0.506 e. The van der Waals surface area contributed by atoms with Crippen molar-refractivity contribution in [2.24, 2.45) is 11.8 Å². The van der Waals surface area contributed by atoms with Gasteiger partial charge in [0.05, 0.1) is 12.3 Å². The highest BCUT2D eigenvalue weighted by Crippen LogP contribution is 2.30. The van der Waals surface area contributed by atoms with Crippen molar-refractivity contribution >= 4 is 32.2 Å². The Morgan fingerprint density at radius 1 is 0.833 bits per heavy atom. The summed E-state index contributed by atoms with van der Waals surface area (Å²) in [6.07, 6.45) is 2.33. The Bertz CT molecular complexity index is 1270. The molecule has 2 N–H and O–H groups in total. The molecule has 36 heavy (non-hydrogen) atoms. The topological polar surface area (TPSA) is 161 Å². The summed E-state index contributed by atoms with van der Waals surface area (Å²) in [6.45, 7) is 3.86. The summed E-state index contributed by atoms with van der Waals surface area (Å²) in [4.78, 5) is 24.2. The van der Waals surface area contributed by atoms with Crippen LogP contribution in [0.15, 0.2) is 58.3 Å². The van der Waals surface area contributed by atoms with Crippen LogP contribution < -0.4 is 0 Å². The molecule has 2 aromatic rings. The van der Waals surface area contributed by atoms with Crippen LogP contribution in [0.4, 0.5) is 0 Å². The number of para-hydroxylation sites is 2. The normalized spacial score (nSPS) is 13.5. The maximum Gasteiger partial charge on any atom is 0.345 e. The molecule has 2 rings (SSSR count). The van der Waals surface area contributed by atoms with E-state index in [9.17, 15) is 36.6 Å². The molecule has 0 aliphatic heterocycles. The monoisotopic (exact) mass is 542 g/mol. The lowest BCUT2D eigenvalue weighted by Gasteiger charge is -2.21. The Kier molecular flexibility index (Phi) is 10.3. The van der Waals surface area contributed by atoms with Crippen LogP contribution in [0.1, 0.15) is 52.4 Å². The number of benzene rings is 2. The second-order valence-electron chi connectivity index (χ2n) is 8.25. The highest BCUT2D eigenvalue weighted by atomic mass is 32.2. The zero-order chi connectivity index (χ0) is 26.9. The van der Waals surface area contributed by atoms with Crippen molar-refractivity contribution in [2.75, 3.05) is 0 Å². The van der Waals surface area contributed by atoms with E-state index in [1.807, 2.05) is 13.8 Å². The van der Waals surface area contributed by atoms with Crippen molar-refractivity contribution in [2.45, 2.75) is 62.2 Å². The number of hydrogen-bond donors (Lipinski definition) is 2. The molecule has 2 unspecified atom stereocenters. The molecule has 0 saturated carbocycles. The lowest BCUT2D eigenvalue weighted by atomic mass is 9.87. The predicted molar refractivity (Wildman–Crippen MR) is 129 cm³/mol. The van der Waals surface area contributed by atoms with Crippen LogP contribution in [0.25, 0.3) is 0 Å². The smallest absolute Gasteiger partial charge is 0.345 e. The Morgan fingerprint density at radius 3 is 1.81 bits per heavy atom. The second-order valence-corrected chi connectivity index (χ2v) is 11.3. The van der Waals surface area contributed by atoms with E-state index >= 15 is 0 Å². The van der Waals surface area contributed by atoms with Gasteiger partial charge < -0.3 is 18.6 Å². The summed E-state index contributed by atoms with van der Waals surface area (Å²) >= 11 is 0. The molecule has 0 aliphatic rings. The first-order valence-electron chi connectivity index (χ1n) is 11.4.